The van der Waals surface area contributed by atoms with E-state index in [9.17, 15) is 0 Å². The van der Waals surface area contributed by atoms with Gasteiger partial charge in [-0.25, -0.2) is 15.0 Å². The van der Waals surface area contributed by atoms with Crippen LogP contribution in [0.2, 0.25) is 0 Å². The minimum Gasteiger partial charge on any atom is -0.379 e. The second-order valence-corrected chi connectivity index (χ2v) is 7.90. The van der Waals surface area contributed by atoms with Crippen molar-refractivity contribution in [3.05, 3.63) is 71.4 Å². The van der Waals surface area contributed by atoms with Crippen molar-refractivity contribution in [1.29, 1.82) is 0 Å². The summed E-state index contributed by atoms with van der Waals surface area (Å²) in [5.41, 5.74) is 5.70. The highest BCUT2D eigenvalue weighted by Crippen LogP contribution is 2.35. The van der Waals surface area contributed by atoms with E-state index in [2.05, 4.69) is 38.2 Å². The summed E-state index contributed by atoms with van der Waals surface area (Å²) in [6.07, 6.45) is 3.50. The van der Waals surface area contributed by atoms with Gasteiger partial charge in [0.05, 0.1) is 39.4 Å². The predicted octanol–water partition coefficient (Wildman–Crippen LogP) is 5.42. The largest absolute Gasteiger partial charge is 0.379 e. The van der Waals surface area contributed by atoms with Crippen LogP contribution in [0.15, 0.2) is 65.7 Å². The molecule has 0 unspecified atom stereocenters. The third kappa shape index (κ3) is 3.22. The minimum atomic E-state index is 0.685. The first-order valence-corrected chi connectivity index (χ1v) is 10.2. The summed E-state index contributed by atoms with van der Waals surface area (Å²) in [5.74, 6) is 0. The van der Waals surface area contributed by atoms with Crippen LogP contribution in [0.1, 0.15) is 5.69 Å². The molecular formula is C20H15N5S2. The highest BCUT2D eigenvalue weighted by atomic mass is 32.1. The Bertz CT molecular complexity index is 1160. The maximum absolute atomic E-state index is 4.97. The Kier molecular flexibility index (Phi) is 4.16. The van der Waals surface area contributed by atoms with Crippen molar-refractivity contribution in [1.82, 2.24) is 19.9 Å². The molecule has 132 valence electrons. The number of aromatic nitrogens is 4. The molecule has 0 saturated carbocycles. The van der Waals surface area contributed by atoms with E-state index >= 15 is 0 Å². The fraction of sp³-hybridized carbons (Fsp3) is 0.0500. The maximum Gasteiger partial charge on any atom is 0.108 e. The van der Waals surface area contributed by atoms with Gasteiger partial charge in [0.2, 0.25) is 0 Å². The number of hydrogen-bond donors (Lipinski definition) is 2. The van der Waals surface area contributed by atoms with Gasteiger partial charge < -0.3 is 10.3 Å². The Balaban J connectivity index is 1.58. The number of imidazole rings is 1. The first-order valence-electron chi connectivity index (χ1n) is 8.47. The van der Waals surface area contributed by atoms with E-state index in [4.69, 9.17) is 9.97 Å². The number of thiophene rings is 2. The quantitative estimate of drug-likeness (QED) is 0.421. The fourth-order valence-electron chi connectivity index (χ4n) is 2.91. The Labute approximate surface area is 163 Å². The van der Waals surface area contributed by atoms with E-state index in [1.54, 1.807) is 29.0 Å². The first-order chi connectivity index (χ1) is 13.4. The van der Waals surface area contributed by atoms with Crippen LogP contribution in [0, 0.1) is 0 Å². The van der Waals surface area contributed by atoms with E-state index in [-0.39, 0.29) is 0 Å². The van der Waals surface area contributed by atoms with Gasteiger partial charge in [-0.1, -0.05) is 12.1 Å². The van der Waals surface area contributed by atoms with Crippen molar-refractivity contribution in [3.63, 3.8) is 0 Å². The lowest BCUT2D eigenvalue weighted by Crippen LogP contribution is -2.00. The minimum absolute atomic E-state index is 0.685. The molecule has 4 heterocycles. The Hall–Kier alpha value is -3.03. The lowest BCUT2D eigenvalue weighted by atomic mass is 10.2. The summed E-state index contributed by atoms with van der Waals surface area (Å²) in [7, 11) is 0. The van der Waals surface area contributed by atoms with E-state index in [1.165, 1.54) is 0 Å². The van der Waals surface area contributed by atoms with Gasteiger partial charge in [-0.3, -0.25) is 0 Å². The number of H-pyrrole nitrogens is 1. The molecule has 0 aliphatic heterocycles. The lowest BCUT2D eigenvalue weighted by molar-refractivity contribution is 1.07. The van der Waals surface area contributed by atoms with Gasteiger partial charge >= 0.3 is 0 Å². The molecule has 7 heteroatoms. The van der Waals surface area contributed by atoms with Gasteiger partial charge in [0, 0.05) is 11.9 Å². The van der Waals surface area contributed by atoms with Crippen LogP contribution >= 0.6 is 22.7 Å². The van der Waals surface area contributed by atoms with E-state index in [1.807, 2.05) is 36.5 Å². The van der Waals surface area contributed by atoms with Crippen molar-refractivity contribution < 1.29 is 0 Å². The van der Waals surface area contributed by atoms with Crippen LogP contribution in [0.4, 0.5) is 5.69 Å². The number of nitrogens with zero attached hydrogens (tertiary/aromatic N) is 3. The van der Waals surface area contributed by atoms with Crippen LogP contribution < -0.4 is 5.32 Å². The Morgan fingerprint density at radius 1 is 0.889 bits per heavy atom. The molecule has 0 saturated heterocycles. The van der Waals surface area contributed by atoms with Gasteiger partial charge in [-0.05, 0) is 41.1 Å². The summed E-state index contributed by atoms with van der Waals surface area (Å²) in [6.45, 7) is 0.685. The Morgan fingerprint density at radius 3 is 2.26 bits per heavy atom. The second kappa shape index (κ2) is 6.94. The van der Waals surface area contributed by atoms with Crippen LogP contribution in [-0.2, 0) is 6.54 Å². The predicted molar refractivity (Wildman–Crippen MR) is 112 cm³/mol. The van der Waals surface area contributed by atoms with Gasteiger partial charge in [-0.2, -0.15) is 0 Å². The number of hydrogen-bond acceptors (Lipinski definition) is 6. The summed E-state index contributed by atoms with van der Waals surface area (Å²) >= 11 is 3.37. The molecule has 5 aromatic rings. The highest BCUT2D eigenvalue weighted by molar-refractivity contribution is 7.14. The molecule has 0 aliphatic rings. The van der Waals surface area contributed by atoms with Crippen molar-refractivity contribution in [2.24, 2.45) is 0 Å². The van der Waals surface area contributed by atoms with Crippen LogP contribution in [-0.4, -0.2) is 19.9 Å². The topological polar surface area (TPSA) is 66.5 Å². The summed E-state index contributed by atoms with van der Waals surface area (Å²) < 4.78 is 0. The first kappa shape index (κ1) is 16.2. The SMILES string of the molecule is c1csc(-c2nc3ccc(NCc4cnc[nH]4)cc3nc2-c2cccs2)c1. The van der Waals surface area contributed by atoms with Crippen LogP contribution in [0.25, 0.3) is 32.2 Å². The summed E-state index contributed by atoms with van der Waals surface area (Å²) in [6, 6.07) is 14.4. The van der Waals surface area contributed by atoms with Gasteiger partial charge in [0.1, 0.15) is 11.4 Å². The number of nitrogens with one attached hydrogen (secondary N) is 2. The number of aromatic amines is 1. The molecule has 4 aromatic heterocycles. The highest BCUT2D eigenvalue weighted by Gasteiger charge is 2.15. The lowest BCUT2D eigenvalue weighted by Gasteiger charge is -2.10. The standard InChI is InChI=1S/C20H15N5S2/c1-3-17(26-7-1)19-20(18-4-2-8-27-18)25-16-9-13(5-6-15(16)24-19)22-11-14-10-21-12-23-14/h1-10,12,22H,11H2,(H,21,23). The molecular weight excluding hydrogens is 374 g/mol. The molecule has 27 heavy (non-hydrogen) atoms. The monoisotopic (exact) mass is 389 g/mol. The third-order valence-corrected chi connectivity index (χ3v) is 5.96. The second-order valence-electron chi connectivity index (χ2n) is 6.01. The van der Waals surface area contributed by atoms with Crippen molar-refractivity contribution in [2.45, 2.75) is 6.54 Å². The van der Waals surface area contributed by atoms with E-state index < -0.39 is 0 Å². The Morgan fingerprint density at radius 2 is 1.63 bits per heavy atom. The summed E-state index contributed by atoms with van der Waals surface area (Å²) in [4.78, 5) is 19.3. The molecule has 0 amide bonds. The van der Waals surface area contributed by atoms with Gasteiger partial charge in [0.15, 0.2) is 0 Å². The molecule has 1 aromatic carbocycles. The van der Waals surface area contributed by atoms with Crippen LogP contribution in [0.5, 0.6) is 0 Å². The number of rotatable bonds is 5. The average Bonchev–Trinajstić information content (AvgIpc) is 3.48. The molecule has 0 aliphatic carbocycles. The molecule has 5 nitrogen and oxygen atoms in total. The number of fused-ring (bicyclic) bond motifs is 1. The zero-order valence-electron chi connectivity index (χ0n) is 14.2. The normalized spacial score (nSPS) is 11.1. The fourth-order valence-corrected chi connectivity index (χ4v) is 4.34. The molecule has 0 bridgehead atoms. The van der Waals surface area contributed by atoms with E-state index in [0.29, 0.717) is 6.54 Å². The van der Waals surface area contributed by atoms with Gasteiger partial charge in [-0.15, -0.1) is 22.7 Å². The van der Waals surface area contributed by atoms with Gasteiger partial charge in [0.25, 0.3) is 0 Å². The zero-order chi connectivity index (χ0) is 18.1. The summed E-state index contributed by atoms with van der Waals surface area (Å²) in [5, 5.41) is 7.54. The number of benzene rings is 1. The third-order valence-electron chi connectivity index (χ3n) is 4.21. The van der Waals surface area contributed by atoms with Crippen LogP contribution in [0.3, 0.4) is 0 Å². The molecule has 5 rings (SSSR count). The molecule has 0 radical (unpaired) electrons. The molecule has 2 N–H and O–H groups in total. The smallest absolute Gasteiger partial charge is 0.108 e. The zero-order valence-corrected chi connectivity index (χ0v) is 15.8. The molecule has 0 spiro atoms. The van der Waals surface area contributed by atoms with Crippen molar-refractivity contribution >= 4 is 39.4 Å². The maximum atomic E-state index is 4.97. The number of anilines is 1. The van der Waals surface area contributed by atoms with Crippen molar-refractivity contribution in [2.75, 3.05) is 5.32 Å². The molecule has 0 atom stereocenters. The molecule has 0 fully saturated rings. The van der Waals surface area contributed by atoms with Crippen molar-refractivity contribution in [3.8, 4) is 21.1 Å². The van der Waals surface area contributed by atoms with E-state index in [0.717, 1.165) is 43.6 Å². The average molecular weight is 390 g/mol.